The SMILES string of the molecule is COCCCNC(=O)c1c(NC(=O)c2csnn2)sc2c1CCC2. The van der Waals surface area contributed by atoms with E-state index in [9.17, 15) is 9.59 Å². The number of anilines is 1. The van der Waals surface area contributed by atoms with Crippen molar-refractivity contribution in [3.8, 4) is 0 Å². The molecule has 3 rings (SSSR count). The van der Waals surface area contributed by atoms with Gasteiger partial charge in [0.25, 0.3) is 11.8 Å². The molecule has 128 valence electrons. The summed E-state index contributed by atoms with van der Waals surface area (Å²) in [5.74, 6) is -0.477. The standard InChI is InChI=1S/C15H18N4O3S2/c1-22-7-3-6-16-14(21)12-9-4-2-5-11(9)24-15(12)17-13(20)10-8-23-19-18-10/h8H,2-7H2,1H3,(H,16,21)(H,17,20). The van der Waals surface area contributed by atoms with Crippen LogP contribution in [0, 0.1) is 0 Å². The van der Waals surface area contributed by atoms with Crippen LogP contribution in [0.5, 0.6) is 0 Å². The van der Waals surface area contributed by atoms with E-state index >= 15 is 0 Å². The molecule has 0 fully saturated rings. The van der Waals surface area contributed by atoms with Gasteiger partial charge in [0.15, 0.2) is 5.69 Å². The van der Waals surface area contributed by atoms with Crippen molar-refractivity contribution in [3.05, 3.63) is 27.1 Å². The molecule has 7 nitrogen and oxygen atoms in total. The molecule has 2 aromatic heterocycles. The molecule has 0 bridgehead atoms. The monoisotopic (exact) mass is 366 g/mol. The van der Waals surface area contributed by atoms with E-state index in [1.165, 1.54) is 16.2 Å². The van der Waals surface area contributed by atoms with Crippen molar-refractivity contribution in [3.63, 3.8) is 0 Å². The Morgan fingerprint density at radius 1 is 1.33 bits per heavy atom. The molecule has 2 N–H and O–H groups in total. The summed E-state index contributed by atoms with van der Waals surface area (Å²) in [6.45, 7) is 1.14. The average Bonchev–Trinajstić information content (AvgIpc) is 3.27. The predicted octanol–water partition coefficient (Wildman–Crippen LogP) is 2.11. The van der Waals surface area contributed by atoms with Gasteiger partial charge in [0, 0.05) is 30.5 Å². The highest BCUT2D eigenvalue weighted by molar-refractivity contribution is 7.17. The molecule has 2 amide bonds. The Balaban J connectivity index is 1.77. The van der Waals surface area contributed by atoms with Gasteiger partial charge in [0.1, 0.15) is 5.00 Å². The first-order chi connectivity index (χ1) is 11.7. The van der Waals surface area contributed by atoms with Gasteiger partial charge in [-0.3, -0.25) is 9.59 Å². The van der Waals surface area contributed by atoms with Gasteiger partial charge in [-0.15, -0.1) is 16.4 Å². The maximum Gasteiger partial charge on any atom is 0.277 e. The first-order valence-corrected chi connectivity index (χ1v) is 9.36. The van der Waals surface area contributed by atoms with Crippen LogP contribution in [0.25, 0.3) is 0 Å². The summed E-state index contributed by atoms with van der Waals surface area (Å²) in [6, 6.07) is 0. The normalized spacial score (nSPS) is 12.9. The number of nitrogens with one attached hydrogen (secondary N) is 2. The van der Waals surface area contributed by atoms with Crippen LogP contribution in [0.1, 0.15) is 44.1 Å². The highest BCUT2D eigenvalue weighted by Gasteiger charge is 2.27. The van der Waals surface area contributed by atoms with Gasteiger partial charge in [0.05, 0.1) is 5.56 Å². The van der Waals surface area contributed by atoms with Crippen molar-refractivity contribution >= 4 is 39.7 Å². The summed E-state index contributed by atoms with van der Waals surface area (Å²) in [5.41, 5.74) is 1.93. The second kappa shape index (κ2) is 7.82. The van der Waals surface area contributed by atoms with Crippen LogP contribution < -0.4 is 10.6 Å². The molecule has 0 saturated carbocycles. The summed E-state index contributed by atoms with van der Waals surface area (Å²) < 4.78 is 8.68. The highest BCUT2D eigenvalue weighted by Crippen LogP contribution is 2.39. The van der Waals surface area contributed by atoms with Crippen molar-refractivity contribution in [1.29, 1.82) is 0 Å². The van der Waals surface area contributed by atoms with E-state index in [2.05, 4.69) is 20.2 Å². The molecular formula is C15H18N4O3S2. The molecule has 0 radical (unpaired) electrons. The number of methoxy groups -OCH3 is 1. The number of nitrogens with zero attached hydrogens (tertiary/aromatic N) is 2. The molecule has 24 heavy (non-hydrogen) atoms. The first-order valence-electron chi connectivity index (χ1n) is 7.70. The Bertz CT molecular complexity index is 727. The van der Waals surface area contributed by atoms with Gasteiger partial charge in [0.2, 0.25) is 0 Å². The Morgan fingerprint density at radius 3 is 2.96 bits per heavy atom. The van der Waals surface area contributed by atoms with E-state index in [1.807, 2.05) is 0 Å². The average molecular weight is 366 g/mol. The van der Waals surface area contributed by atoms with Crippen LogP contribution in [-0.2, 0) is 17.6 Å². The largest absolute Gasteiger partial charge is 0.385 e. The lowest BCUT2D eigenvalue weighted by Gasteiger charge is -2.08. The lowest BCUT2D eigenvalue weighted by Crippen LogP contribution is -2.27. The van der Waals surface area contributed by atoms with E-state index in [0.717, 1.165) is 42.8 Å². The number of thiophene rings is 1. The molecule has 0 aliphatic heterocycles. The summed E-state index contributed by atoms with van der Waals surface area (Å²) in [7, 11) is 1.63. The second-order valence-electron chi connectivity index (χ2n) is 5.41. The number of aromatic nitrogens is 2. The lowest BCUT2D eigenvalue weighted by molar-refractivity contribution is 0.0949. The number of aryl methyl sites for hydroxylation is 1. The van der Waals surface area contributed by atoms with Crippen LogP contribution in [0.2, 0.25) is 0 Å². The van der Waals surface area contributed by atoms with Crippen molar-refractivity contribution in [2.45, 2.75) is 25.7 Å². The fourth-order valence-corrected chi connectivity index (χ4v) is 4.39. The smallest absolute Gasteiger partial charge is 0.277 e. The molecule has 0 aromatic carbocycles. The molecule has 0 atom stereocenters. The van der Waals surface area contributed by atoms with E-state index in [4.69, 9.17) is 4.74 Å². The van der Waals surface area contributed by atoms with Crippen LogP contribution in [0.3, 0.4) is 0 Å². The molecule has 0 unspecified atom stereocenters. The summed E-state index contributed by atoms with van der Waals surface area (Å²) in [4.78, 5) is 26.0. The zero-order chi connectivity index (χ0) is 16.9. The Hall–Kier alpha value is -1.84. The van der Waals surface area contributed by atoms with E-state index in [0.29, 0.717) is 23.7 Å². The van der Waals surface area contributed by atoms with E-state index in [1.54, 1.807) is 12.5 Å². The van der Waals surface area contributed by atoms with Gasteiger partial charge >= 0.3 is 0 Å². The molecule has 2 heterocycles. The summed E-state index contributed by atoms with van der Waals surface area (Å²) in [6.07, 6.45) is 3.63. The third-order valence-electron chi connectivity index (χ3n) is 3.78. The topological polar surface area (TPSA) is 93.2 Å². The molecule has 9 heteroatoms. The van der Waals surface area contributed by atoms with Crippen LogP contribution in [0.4, 0.5) is 5.00 Å². The van der Waals surface area contributed by atoms with Crippen molar-refractivity contribution in [1.82, 2.24) is 14.9 Å². The van der Waals surface area contributed by atoms with Gasteiger partial charge in [-0.25, -0.2) is 0 Å². The van der Waals surface area contributed by atoms with Gasteiger partial charge in [-0.2, -0.15) is 0 Å². The third-order valence-corrected chi connectivity index (χ3v) is 5.49. The van der Waals surface area contributed by atoms with Gasteiger partial charge in [-0.05, 0) is 42.8 Å². The number of ether oxygens (including phenoxy) is 1. The van der Waals surface area contributed by atoms with E-state index in [-0.39, 0.29) is 17.5 Å². The maximum absolute atomic E-state index is 12.6. The fourth-order valence-electron chi connectivity index (χ4n) is 2.67. The summed E-state index contributed by atoms with van der Waals surface area (Å²) >= 11 is 2.60. The van der Waals surface area contributed by atoms with Gasteiger partial charge in [-0.1, -0.05) is 4.49 Å². The predicted molar refractivity (Wildman–Crippen MR) is 93.0 cm³/mol. The van der Waals surface area contributed by atoms with E-state index < -0.39 is 0 Å². The molecule has 0 saturated heterocycles. The number of hydrogen-bond acceptors (Lipinski definition) is 7. The van der Waals surface area contributed by atoms with Crippen molar-refractivity contribution in [2.24, 2.45) is 0 Å². The molecule has 2 aromatic rings. The number of hydrogen-bond donors (Lipinski definition) is 2. The molecule has 0 spiro atoms. The third kappa shape index (κ3) is 3.63. The van der Waals surface area contributed by atoms with Crippen LogP contribution in [0.15, 0.2) is 5.38 Å². The number of rotatable bonds is 7. The van der Waals surface area contributed by atoms with Crippen molar-refractivity contribution < 1.29 is 14.3 Å². The summed E-state index contributed by atoms with van der Waals surface area (Å²) in [5, 5.41) is 11.7. The second-order valence-corrected chi connectivity index (χ2v) is 7.12. The number of amides is 2. The fraction of sp³-hybridized carbons (Fsp3) is 0.467. The Kier molecular flexibility index (Phi) is 5.54. The molecular weight excluding hydrogens is 348 g/mol. The minimum atomic E-state index is -0.336. The minimum absolute atomic E-state index is 0.141. The zero-order valence-electron chi connectivity index (χ0n) is 13.3. The van der Waals surface area contributed by atoms with Crippen molar-refractivity contribution in [2.75, 3.05) is 25.6 Å². The van der Waals surface area contributed by atoms with Crippen LogP contribution >= 0.6 is 22.9 Å². The Morgan fingerprint density at radius 2 is 2.21 bits per heavy atom. The minimum Gasteiger partial charge on any atom is -0.385 e. The maximum atomic E-state index is 12.6. The Labute approximate surface area is 147 Å². The van der Waals surface area contributed by atoms with Crippen LogP contribution in [-0.4, -0.2) is 41.7 Å². The zero-order valence-corrected chi connectivity index (χ0v) is 14.9. The molecule has 1 aliphatic carbocycles. The first kappa shape index (κ1) is 17.0. The molecule has 1 aliphatic rings. The highest BCUT2D eigenvalue weighted by atomic mass is 32.1. The number of fused-ring (bicyclic) bond motifs is 1. The van der Waals surface area contributed by atoms with Gasteiger partial charge < -0.3 is 15.4 Å². The number of carbonyl (C=O) groups excluding carboxylic acids is 2. The quantitative estimate of drug-likeness (QED) is 0.732. The number of carbonyl (C=O) groups is 2. The lowest BCUT2D eigenvalue weighted by atomic mass is 10.1.